The minimum Gasteiger partial charge on any atom is -0.466 e. The van der Waals surface area contributed by atoms with Crippen LogP contribution in [0.1, 0.15) is 105 Å². The van der Waals surface area contributed by atoms with Gasteiger partial charge in [0.05, 0.1) is 6.61 Å². The van der Waals surface area contributed by atoms with E-state index in [2.05, 4.69) is 20.8 Å². The topological polar surface area (TPSA) is 43.4 Å². The molecule has 4 aliphatic carbocycles. The summed E-state index contributed by atoms with van der Waals surface area (Å²) in [5.74, 6) is 3.78. The van der Waals surface area contributed by atoms with Gasteiger partial charge in [-0.05, 0) is 105 Å². The van der Waals surface area contributed by atoms with Crippen molar-refractivity contribution in [3.05, 3.63) is 0 Å². The van der Waals surface area contributed by atoms with Crippen LogP contribution in [0.3, 0.4) is 0 Å². The summed E-state index contributed by atoms with van der Waals surface area (Å²) in [6.07, 6.45) is 13.5. The number of carbonyl (C=O) groups is 2. The summed E-state index contributed by atoms with van der Waals surface area (Å²) < 4.78 is 5.12. The third-order valence-electron chi connectivity index (χ3n) is 10.6. The Labute approximate surface area is 177 Å². The quantitative estimate of drug-likeness (QED) is 0.504. The van der Waals surface area contributed by atoms with Crippen molar-refractivity contribution in [2.45, 2.75) is 105 Å². The Hall–Kier alpha value is -0.860. The summed E-state index contributed by atoms with van der Waals surface area (Å²) in [5.41, 5.74) is 1.05. The maximum Gasteiger partial charge on any atom is 0.305 e. The molecule has 0 aromatic heterocycles. The number of ether oxygens (including phenoxy) is 1. The predicted molar refractivity (Wildman–Crippen MR) is 115 cm³/mol. The average Bonchev–Trinajstić information content (AvgIpc) is 3.00. The zero-order valence-electron chi connectivity index (χ0n) is 19.2. The van der Waals surface area contributed by atoms with Crippen LogP contribution < -0.4 is 0 Å². The maximum atomic E-state index is 12.3. The zero-order chi connectivity index (χ0) is 20.9. The third-order valence-corrected chi connectivity index (χ3v) is 10.6. The summed E-state index contributed by atoms with van der Waals surface area (Å²) in [5, 5.41) is 0. The number of hydrogen-bond acceptors (Lipinski definition) is 3. The zero-order valence-corrected chi connectivity index (χ0v) is 19.2. The molecule has 7 atom stereocenters. The van der Waals surface area contributed by atoms with Crippen LogP contribution in [0.5, 0.6) is 0 Å². The van der Waals surface area contributed by atoms with Crippen LogP contribution >= 0.6 is 0 Å². The van der Waals surface area contributed by atoms with E-state index in [1.54, 1.807) is 0 Å². The van der Waals surface area contributed by atoms with E-state index in [4.69, 9.17) is 4.74 Å². The molecule has 0 aromatic carbocycles. The van der Waals surface area contributed by atoms with E-state index < -0.39 is 0 Å². The first-order chi connectivity index (χ1) is 13.7. The lowest BCUT2D eigenvalue weighted by molar-refractivity contribution is -0.163. The highest BCUT2D eigenvalue weighted by Gasteiger charge is 2.63. The van der Waals surface area contributed by atoms with Crippen LogP contribution in [0.15, 0.2) is 0 Å². The van der Waals surface area contributed by atoms with Crippen LogP contribution in [-0.2, 0) is 14.3 Å². The second kappa shape index (κ2) is 7.68. The largest absolute Gasteiger partial charge is 0.466 e. The Morgan fingerprint density at radius 2 is 1.83 bits per heavy atom. The minimum absolute atomic E-state index is 0.0257. The Kier molecular flexibility index (Phi) is 5.66. The first-order valence-electron chi connectivity index (χ1n) is 12.4. The van der Waals surface area contributed by atoms with Gasteiger partial charge in [0.2, 0.25) is 0 Å². The van der Waals surface area contributed by atoms with E-state index in [9.17, 15) is 9.59 Å². The molecule has 3 nitrogen and oxygen atoms in total. The van der Waals surface area contributed by atoms with E-state index in [0.29, 0.717) is 29.6 Å². The predicted octanol–water partition coefficient (Wildman–Crippen LogP) is 6.34. The number of esters is 1. The van der Waals surface area contributed by atoms with E-state index in [1.165, 1.54) is 44.9 Å². The highest BCUT2D eigenvalue weighted by Crippen LogP contribution is 2.70. The Morgan fingerprint density at radius 3 is 2.59 bits per heavy atom. The van der Waals surface area contributed by atoms with E-state index in [0.717, 1.165) is 49.4 Å². The van der Waals surface area contributed by atoms with Gasteiger partial charge in [-0.3, -0.25) is 9.59 Å². The fourth-order valence-electron chi connectivity index (χ4n) is 8.71. The van der Waals surface area contributed by atoms with Crippen molar-refractivity contribution in [1.29, 1.82) is 0 Å². The summed E-state index contributed by atoms with van der Waals surface area (Å²) in [4.78, 5) is 24.0. The molecule has 0 amide bonds. The molecule has 3 heteroatoms. The van der Waals surface area contributed by atoms with Gasteiger partial charge >= 0.3 is 5.97 Å². The average molecular weight is 403 g/mol. The second-order valence-electron chi connectivity index (χ2n) is 11.6. The molecule has 6 unspecified atom stereocenters. The maximum absolute atomic E-state index is 12.3. The highest BCUT2D eigenvalue weighted by molar-refractivity contribution is 5.80. The smallest absolute Gasteiger partial charge is 0.305 e. The summed E-state index contributed by atoms with van der Waals surface area (Å²) >= 11 is 0. The first kappa shape index (κ1) is 21.4. The molecule has 0 heterocycles. The molecule has 0 bridgehead atoms. The van der Waals surface area contributed by atoms with Crippen molar-refractivity contribution in [1.82, 2.24) is 0 Å². The molecule has 0 saturated heterocycles. The van der Waals surface area contributed by atoms with E-state index >= 15 is 0 Å². The molecule has 0 spiro atoms. The third kappa shape index (κ3) is 3.39. The molecular weight excluding hydrogens is 360 g/mol. The van der Waals surface area contributed by atoms with Gasteiger partial charge < -0.3 is 4.74 Å². The number of rotatable bonds is 5. The molecular formula is C26H42O3. The number of Topliss-reactive ketones (excluding diaryl/α,β-unsaturated/α-hetero) is 1. The Morgan fingerprint density at radius 1 is 1.03 bits per heavy atom. The van der Waals surface area contributed by atoms with Crippen LogP contribution in [0.2, 0.25) is 0 Å². The molecule has 0 N–H and O–H groups in total. The van der Waals surface area contributed by atoms with Gasteiger partial charge in [-0.25, -0.2) is 0 Å². The Balaban J connectivity index is 1.45. The monoisotopic (exact) mass is 402 g/mol. The lowest BCUT2D eigenvalue weighted by atomic mass is 9.40. The van der Waals surface area contributed by atoms with Crippen molar-refractivity contribution < 1.29 is 14.3 Å². The molecule has 4 aliphatic rings. The second-order valence-corrected chi connectivity index (χ2v) is 11.6. The summed E-state index contributed by atoms with van der Waals surface area (Å²) in [6, 6.07) is 0. The van der Waals surface area contributed by atoms with Gasteiger partial charge in [0.25, 0.3) is 0 Å². The highest BCUT2D eigenvalue weighted by atomic mass is 16.5. The van der Waals surface area contributed by atoms with Crippen molar-refractivity contribution in [2.75, 3.05) is 6.61 Å². The minimum atomic E-state index is -0.0257. The van der Waals surface area contributed by atoms with Crippen molar-refractivity contribution in [2.24, 2.45) is 39.9 Å². The molecule has 0 aliphatic heterocycles. The fraction of sp³-hybridized carbons (Fsp3) is 0.923. The number of fused-ring (bicyclic) bond motifs is 5. The number of hydrogen-bond donors (Lipinski definition) is 0. The van der Waals surface area contributed by atoms with Crippen LogP contribution in [0.25, 0.3) is 0 Å². The van der Waals surface area contributed by atoms with Crippen LogP contribution in [0, 0.1) is 39.9 Å². The molecule has 4 rings (SSSR count). The van der Waals surface area contributed by atoms with Gasteiger partial charge in [-0.1, -0.05) is 20.8 Å². The lowest BCUT2D eigenvalue weighted by Gasteiger charge is -2.64. The normalized spacial score (nSPS) is 46.6. The van der Waals surface area contributed by atoms with Crippen LogP contribution in [0.4, 0.5) is 0 Å². The molecule has 29 heavy (non-hydrogen) atoms. The lowest BCUT2D eigenvalue weighted by Crippen LogP contribution is -2.57. The van der Waals surface area contributed by atoms with Crippen molar-refractivity contribution in [3.63, 3.8) is 0 Å². The van der Waals surface area contributed by atoms with Gasteiger partial charge in [0, 0.05) is 19.3 Å². The SMILES string of the molecule is CCOC(=O)CCC[C@H]1CCC2C3CCC4(C)CC(=O)CCC4(C)C3CCC21C. The standard InChI is InChI=1S/C26H42O3/c1-5-29-23(28)8-6-7-18-9-10-21-20-12-14-24(2)17-19(27)11-16-26(24,4)22(20)13-15-25(18,21)3/h18,20-22H,5-17H2,1-4H3/t18-,20?,21?,22?,24?,25?,26?/m0/s1. The molecule has 164 valence electrons. The van der Waals surface area contributed by atoms with Gasteiger partial charge in [-0.2, -0.15) is 0 Å². The summed E-state index contributed by atoms with van der Waals surface area (Å²) in [7, 11) is 0. The van der Waals surface area contributed by atoms with Gasteiger partial charge in [0.15, 0.2) is 0 Å². The molecule has 0 radical (unpaired) electrons. The van der Waals surface area contributed by atoms with Gasteiger partial charge in [0.1, 0.15) is 5.78 Å². The van der Waals surface area contributed by atoms with Crippen molar-refractivity contribution in [3.8, 4) is 0 Å². The number of carbonyl (C=O) groups excluding carboxylic acids is 2. The Bertz CT molecular complexity index is 656. The van der Waals surface area contributed by atoms with E-state index in [-0.39, 0.29) is 11.4 Å². The first-order valence-corrected chi connectivity index (χ1v) is 12.4. The van der Waals surface area contributed by atoms with E-state index in [1.807, 2.05) is 6.92 Å². The molecule has 4 saturated carbocycles. The van der Waals surface area contributed by atoms with Gasteiger partial charge in [-0.15, -0.1) is 0 Å². The summed E-state index contributed by atoms with van der Waals surface area (Å²) in [6.45, 7) is 9.94. The number of ketones is 1. The van der Waals surface area contributed by atoms with Crippen molar-refractivity contribution >= 4 is 11.8 Å². The fourth-order valence-corrected chi connectivity index (χ4v) is 8.71. The molecule has 0 aromatic rings. The van der Waals surface area contributed by atoms with Crippen LogP contribution in [-0.4, -0.2) is 18.4 Å². The molecule has 4 fully saturated rings.